The van der Waals surface area contributed by atoms with Gasteiger partial charge in [-0.3, -0.25) is 19.7 Å². The Kier molecular flexibility index (Phi) is 5.28. The molecule has 0 bridgehead atoms. The van der Waals surface area contributed by atoms with Gasteiger partial charge in [0.1, 0.15) is 0 Å². The number of hydrogen-bond donors (Lipinski definition) is 2. The minimum absolute atomic E-state index is 0.0513. The van der Waals surface area contributed by atoms with Crippen molar-refractivity contribution in [3.8, 4) is 0 Å². The first kappa shape index (κ1) is 18.7. The number of carbonyl (C=O) groups is 1. The fourth-order valence-electron chi connectivity index (χ4n) is 2.11. The summed E-state index contributed by atoms with van der Waals surface area (Å²) in [5.41, 5.74) is 5.37. The molecule has 0 aliphatic heterocycles. The molecule has 0 heterocycles. The minimum atomic E-state index is -3.76. The van der Waals surface area contributed by atoms with E-state index in [1.54, 1.807) is 24.3 Å². The third-order valence-corrected chi connectivity index (χ3v) is 4.30. The first-order chi connectivity index (χ1) is 11.6. The number of carbonyl (C=O) groups excluding carboxylic acids is 1. The van der Waals surface area contributed by atoms with Crippen LogP contribution in [0.1, 0.15) is 0 Å². The van der Waals surface area contributed by atoms with Gasteiger partial charge in [-0.15, -0.1) is 0 Å². The molecular formula is C14H13BrN4O5S. The number of nitrogens with two attached hydrogens (primary N) is 1. The Balaban J connectivity index is 2.71. The highest BCUT2D eigenvalue weighted by Crippen LogP contribution is 2.38. The summed E-state index contributed by atoms with van der Waals surface area (Å²) in [5, 5.41) is 11.0. The molecule has 9 nitrogen and oxygen atoms in total. The molecule has 0 saturated heterocycles. The number of anilines is 3. The Hall–Kier alpha value is -2.66. The summed E-state index contributed by atoms with van der Waals surface area (Å²) in [7, 11) is -3.76. The van der Waals surface area contributed by atoms with Crippen LogP contribution in [0.25, 0.3) is 0 Å². The third kappa shape index (κ3) is 4.45. The summed E-state index contributed by atoms with van der Waals surface area (Å²) in [5.74, 6) is 0. The second kappa shape index (κ2) is 7.07. The summed E-state index contributed by atoms with van der Waals surface area (Å²) >= 11 is 3.29. The molecule has 132 valence electrons. The molecule has 0 fully saturated rings. The number of para-hydroxylation sites is 1. The number of nitro groups is 1. The van der Waals surface area contributed by atoms with Gasteiger partial charge >= 0.3 is 6.03 Å². The highest BCUT2D eigenvalue weighted by Gasteiger charge is 2.23. The Labute approximate surface area is 151 Å². The quantitative estimate of drug-likeness (QED) is 0.557. The number of hydrogen-bond acceptors (Lipinski definition) is 5. The van der Waals surface area contributed by atoms with E-state index < -0.39 is 21.0 Å². The zero-order chi connectivity index (χ0) is 18.8. The molecule has 3 N–H and O–H groups in total. The van der Waals surface area contributed by atoms with Gasteiger partial charge in [0.15, 0.2) is 0 Å². The molecule has 2 aromatic carbocycles. The van der Waals surface area contributed by atoms with Crippen molar-refractivity contribution in [1.82, 2.24) is 0 Å². The predicted octanol–water partition coefficient (Wildman–Crippen LogP) is 2.95. The maximum Gasteiger partial charge on any atom is 0.323 e. The number of nitrogens with one attached hydrogen (secondary N) is 1. The number of nitrogens with zero attached hydrogens (tertiary/aromatic N) is 2. The van der Waals surface area contributed by atoms with E-state index in [2.05, 4.69) is 20.7 Å². The molecule has 0 aliphatic rings. The van der Waals surface area contributed by atoms with Crippen molar-refractivity contribution in [2.24, 2.45) is 5.73 Å². The number of primary amides is 1. The molecule has 0 spiro atoms. The minimum Gasteiger partial charge on any atom is -0.351 e. The van der Waals surface area contributed by atoms with E-state index in [9.17, 15) is 23.3 Å². The average molecular weight is 429 g/mol. The van der Waals surface area contributed by atoms with E-state index >= 15 is 0 Å². The number of sulfonamides is 1. The standard InChI is InChI=1S/C14H13BrN4O5S/c1-25(23,24)17-11-8-9(19(21)22)6-7-13(11)18(14(16)20)12-5-3-2-4-10(12)15/h2-8,17H,1H3,(H2,16,20). The number of benzene rings is 2. The van der Waals surface area contributed by atoms with Crippen LogP contribution in [0, 0.1) is 10.1 Å². The SMILES string of the molecule is CS(=O)(=O)Nc1cc([N+](=O)[O-])ccc1N(C(N)=O)c1ccccc1Br. The molecular weight excluding hydrogens is 416 g/mol. The molecule has 25 heavy (non-hydrogen) atoms. The van der Waals surface area contributed by atoms with E-state index in [-0.39, 0.29) is 17.1 Å². The number of urea groups is 1. The monoisotopic (exact) mass is 428 g/mol. The first-order valence-corrected chi connectivity index (χ1v) is 9.39. The molecule has 2 amide bonds. The largest absolute Gasteiger partial charge is 0.351 e. The van der Waals surface area contributed by atoms with Crippen molar-refractivity contribution in [2.75, 3.05) is 15.9 Å². The van der Waals surface area contributed by atoms with Gasteiger partial charge in [-0.2, -0.15) is 0 Å². The molecule has 2 rings (SSSR count). The smallest absolute Gasteiger partial charge is 0.323 e. The van der Waals surface area contributed by atoms with Gasteiger partial charge in [-0.1, -0.05) is 12.1 Å². The lowest BCUT2D eigenvalue weighted by molar-refractivity contribution is -0.384. The molecule has 2 aromatic rings. The Bertz CT molecular complexity index is 948. The normalized spacial score (nSPS) is 11.0. The highest BCUT2D eigenvalue weighted by molar-refractivity contribution is 9.10. The average Bonchev–Trinajstić information content (AvgIpc) is 2.48. The molecule has 0 aliphatic carbocycles. The summed E-state index contributed by atoms with van der Waals surface area (Å²) < 4.78 is 25.9. The molecule has 0 aromatic heterocycles. The lowest BCUT2D eigenvalue weighted by atomic mass is 10.2. The number of non-ortho nitro benzene ring substituents is 1. The van der Waals surface area contributed by atoms with Crippen molar-refractivity contribution >= 4 is 54.7 Å². The topological polar surface area (TPSA) is 136 Å². The van der Waals surface area contributed by atoms with Gasteiger partial charge in [-0.25, -0.2) is 13.2 Å². The van der Waals surface area contributed by atoms with Gasteiger partial charge in [-0.05, 0) is 34.1 Å². The van der Waals surface area contributed by atoms with Crippen LogP contribution in [0.2, 0.25) is 0 Å². The molecule has 0 atom stereocenters. The van der Waals surface area contributed by atoms with Crippen molar-refractivity contribution in [3.63, 3.8) is 0 Å². The fraction of sp³-hybridized carbons (Fsp3) is 0.0714. The van der Waals surface area contributed by atoms with Crippen molar-refractivity contribution < 1.29 is 18.1 Å². The van der Waals surface area contributed by atoms with E-state index in [0.29, 0.717) is 10.2 Å². The maximum absolute atomic E-state index is 12.0. The van der Waals surface area contributed by atoms with Crippen LogP contribution >= 0.6 is 15.9 Å². The number of nitro benzene ring substituents is 1. The third-order valence-electron chi connectivity index (χ3n) is 3.04. The molecule has 0 unspecified atom stereocenters. The summed E-state index contributed by atoms with van der Waals surface area (Å²) in [6.07, 6.45) is 0.892. The fourth-order valence-corrected chi connectivity index (χ4v) is 3.14. The number of rotatable bonds is 5. The Morgan fingerprint density at radius 1 is 1.24 bits per heavy atom. The second-order valence-electron chi connectivity index (χ2n) is 4.96. The van der Waals surface area contributed by atoms with Crippen LogP contribution in [0.4, 0.5) is 27.5 Å². The maximum atomic E-state index is 12.0. The van der Waals surface area contributed by atoms with E-state index in [1.165, 1.54) is 6.07 Å². The number of halogens is 1. The van der Waals surface area contributed by atoms with E-state index in [1.807, 2.05) is 0 Å². The molecule has 0 radical (unpaired) electrons. The lowest BCUT2D eigenvalue weighted by Crippen LogP contribution is -2.32. The van der Waals surface area contributed by atoms with Crippen LogP contribution in [0.5, 0.6) is 0 Å². The number of amides is 2. The van der Waals surface area contributed by atoms with Crippen LogP contribution in [-0.2, 0) is 10.0 Å². The molecule has 11 heteroatoms. The van der Waals surface area contributed by atoms with Gasteiger partial charge < -0.3 is 5.73 Å². The van der Waals surface area contributed by atoms with Crippen LogP contribution in [0.15, 0.2) is 46.9 Å². The molecule has 0 saturated carbocycles. The van der Waals surface area contributed by atoms with Crippen molar-refractivity contribution in [2.45, 2.75) is 0 Å². The highest BCUT2D eigenvalue weighted by atomic mass is 79.9. The summed E-state index contributed by atoms with van der Waals surface area (Å²) in [6.45, 7) is 0. The van der Waals surface area contributed by atoms with Crippen molar-refractivity contribution in [3.05, 3.63) is 57.1 Å². The summed E-state index contributed by atoms with van der Waals surface area (Å²) in [6, 6.07) is 9.15. The van der Waals surface area contributed by atoms with Crippen LogP contribution in [-0.4, -0.2) is 25.6 Å². The Morgan fingerprint density at radius 2 is 1.88 bits per heavy atom. The van der Waals surface area contributed by atoms with Crippen molar-refractivity contribution in [1.29, 1.82) is 0 Å². The lowest BCUT2D eigenvalue weighted by Gasteiger charge is -2.24. The van der Waals surface area contributed by atoms with Crippen LogP contribution in [0.3, 0.4) is 0 Å². The zero-order valence-corrected chi connectivity index (χ0v) is 15.2. The van der Waals surface area contributed by atoms with Gasteiger partial charge in [0.25, 0.3) is 5.69 Å². The first-order valence-electron chi connectivity index (χ1n) is 6.70. The van der Waals surface area contributed by atoms with Gasteiger partial charge in [0, 0.05) is 16.6 Å². The Morgan fingerprint density at radius 3 is 2.40 bits per heavy atom. The van der Waals surface area contributed by atoms with Crippen LogP contribution < -0.4 is 15.4 Å². The van der Waals surface area contributed by atoms with Gasteiger partial charge in [0.2, 0.25) is 10.0 Å². The second-order valence-corrected chi connectivity index (χ2v) is 7.56. The van der Waals surface area contributed by atoms with E-state index in [0.717, 1.165) is 23.3 Å². The predicted molar refractivity (Wildman–Crippen MR) is 97.4 cm³/mol. The zero-order valence-electron chi connectivity index (χ0n) is 12.8. The van der Waals surface area contributed by atoms with E-state index in [4.69, 9.17) is 5.73 Å². The summed E-state index contributed by atoms with van der Waals surface area (Å²) in [4.78, 5) is 23.3. The van der Waals surface area contributed by atoms with Gasteiger partial charge in [0.05, 0.1) is 28.2 Å².